The quantitative estimate of drug-likeness (QED) is 0.541. The summed E-state index contributed by atoms with van der Waals surface area (Å²) in [6, 6.07) is 16.5. The summed E-state index contributed by atoms with van der Waals surface area (Å²) in [5, 5.41) is 8.08. The van der Waals surface area contributed by atoms with Gasteiger partial charge < -0.3 is 20.5 Å². The second-order valence-electron chi connectivity index (χ2n) is 6.34. The summed E-state index contributed by atoms with van der Waals surface area (Å²) in [6.45, 7) is 3.90. The molecule has 0 fully saturated rings. The van der Waals surface area contributed by atoms with E-state index in [0.717, 1.165) is 21.5 Å². The number of amides is 3. The number of anilines is 2. The van der Waals surface area contributed by atoms with Crippen LogP contribution in [0.3, 0.4) is 0 Å². The molecule has 1 heterocycles. The first-order valence-electron chi connectivity index (χ1n) is 8.74. The van der Waals surface area contributed by atoms with Gasteiger partial charge in [-0.05, 0) is 62.4 Å². The minimum Gasteiger partial charge on any atom is -0.341 e. The Morgan fingerprint density at radius 1 is 0.929 bits per heavy atom. The van der Waals surface area contributed by atoms with E-state index >= 15 is 0 Å². The highest BCUT2D eigenvalue weighted by atomic mass is 79.9. The molecule has 1 aromatic heterocycles. The number of carbonyl (C=O) groups excluding carboxylic acids is 2. The van der Waals surface area contributed by atoms with E-state index in [2.05, 4.69) is 31.9 Å². The average molecular weight is 441 g/mol. The van der Waals surface area contributed by atoms with Crippen molar-refractivity contribution in [2.45, 2.75) is 13.8 Å². The molecule has 7 heteroatoms. The molecule has 2 aromatic carbocycles. The summed E-state index contributed by atoms with van der Waals surface area (Å²) in [6.07, 6.45) is 0. The molecule has 0 saturated heterocycles. The van der Waals surface area contributed by atoms with Gasteiger partial charge in [-0.25, -0.2) is 4.79 Å². The Bertz CT molecular complexity index is 1030. The highest BCUT2D eigenvalue weighted by Gasteiger charge is 2.17. The van der Waals surface area contributed by atoms with Crippen molar-refractivity contribution in [2.75, 3.05) is 17.7 Å². The monoisotopic (exact) mass is 440 g/mol. The Balaban J connectivity index is 1.84. The van der Waals surface area contributed by atoms with Crippen LogP contribution in [0.2, 0.25) is 0 Å². The first-order valence-corrected chi connectivity index (χ1v) is 9.53. The minimum atomic E-state index is -0.318. The van der Waals surface area contributed by atoms with Crippen LogP contribution >= 0.6 is 15.9 Å². The van der Waals surface area contributed by atoms with Gasteiger partial charge in [-0.15, -0.1) is 0 Å². The van der Waals surface area contributed by atoms with Crippen molar-refractivity contribution in [1.29, 1.82) is 0 Å². The number of urea groups is 1. The van der Waals surface area contributed by atoms with Crippen molar-refractivity contribution in [3.63, 3.8) is 0 Å². The number of carbonyl (C=O) groups is 2. The zero-order valence-electron chi connectivity index (χ0n) is 15.8. The number of aryl methyl sites for hydroxylation is 1. The van der Waals surface area contributed by atoms with Gasteiger partial charge in [0.15, 0.2) is 0 Å². The molecule has 144 valence electrons. The van der Waals surface area contributed by atoms with Crippen LogP contribution in [0.5, 0.6) is 0 Å². The third-order valence-corrected chi connectivity index (χ3v) is 4.89. The van der Waals surface area contributed by atoms with Crippen molar-refractivity contribution in [1.82, 2.24) is 9.88 Å². The number of hydrogen-bond acceptors (Lipinski definition) is 2. The predicted molar refractivity (Wildman–Crippen MR) is 115 cm³/mol. The van der Waals surface area contributed by atoms with E-state index in [1.54, 1.807) is 31.3 Å². The number of nitrogens with one attached hydrogen (secondary N) is 3. The molecule has 28 heavy (non-hydrogen) atoms. The van der Waals surface area contributed by atoms with Gasteiger partial charge >= 0.3 is 6.03 Å². The Labute approximate surface area is 172 Å². The van der Waals surface area contributed by atoms with Crippen LogP contribution in [0.4, 0.5) is 16.2 Å². The van der Waals surface area contributed by atoms with Crippen molar-refractivity contribution >= 4 is 39.2 Å². The van der Waals surface area contributed by atoms with Gasteiger partial charge in [-0.1, -0.05) is 22.0 Å². The molecule has 3 amide bonds. The molecule has 3 rings (SSSR count). The number of rotatable bonds is 4. The maximum Gasteiger partial charge on any atom is 0.318 e. The second kappa shape index (κ2) is 8.31. The number of nitrogens with zero attached hydrogens (tertiary/aromatic N) is 1. The van der Waals surface area contributed by atoms with Gasteiger partial charge in [0, 0.05) is 40.0 Å². The molecule has 0 aliphatic rings. The Morgan fingerprint density at radius 2 is 1.57 bits per heavy atom. The smallest absolute Gasteiger partial charge is 0.318 e. The van der Waals surface area contributed by atoms with Crippen LogP contribution < -0.4 is 16.0 Å². The highest BCUT2D eigenvalue weighted by Crippen LogP contribution is 2.24. The summed E-state index contributed by atoms with van der Waals surface area (Å²) < 4.78 is 3.05. The van der Waals surface area contributed by atoms with Crippen LogP contribution in [0, 0.1) is 13.8 Å². The van der Waals surface area contributed by atoms with Gasteiger partial charge in [0.2, 0.25) is 0 Å². The molecule has 0 bridgehead atoms. The predicted octanol–water partition coefficient (Wildman–Crippen LogP) is 4.86. The fraction of sp³-hybridized carbons (Fsp3) is 0.143. The fourth-order valence-electron chi connectivity index (χ4n) is 3.05. The van der Waals surface area contributed by atoms with Crippen LogP contribution in [0.25, 0.3) is 5.69 Å². The molecule has 3 aromatic rings. The number of benzene rings is 2. The second-order valence-corrected chi connectivity index (χ2v) is 7.25. The van der Waals surface area contributed by atoms with E-state index in [9.17, 15) is 9.59 Å². The van der Waals surface area contributed by atoms with Crippen molar-refractivity contribution in [3.05, 3.63) is 76.0 Å². The molecule has 0 spiro atoms. The standard InChI is InChI=1S/C21H21BrN4O2/c1-13-11-19(14(2)26(13)18-9-7-15(22)8-10-18)20(27)24-16-5-4-6-17(12-16)25-21(28)23-3/h4-12H,1-3H3,(H,24,27)(H2,23,25,28). The summed E-state index contributed by atoms with van der Waals surface area (Å²) in [7, 11) is 1.54. The van der Waals surface area contributed by atoms with E-state index in [0.29, 0.717) is 16.9 Å². The Kier molecular flexibility index (Phi) is 5.84. The maximum absolute atomic E-state index is 12.8. The minimum absolute atomic E-state index is 0.200. The van der Waals surface area contributed by atoms with Gasteiger partial charge in [0.05, 0.1) is 5.56 Å². The summed E-state index contributed by atoms with van der Waals surface area (Å²) >= 11 is 3.44. The maximum atomic E-state index is 12.8. The zero-order chi connectivity index (χ0) is 20.3. The van der Waals surface area contributed by atoms with Crippen molar-refractivity contribution in [2.24, 2.45) is 0 Å². The number of aromatic nitrogens is 1. The summed E-state index contributed by atoms with van der Waals surface area (Å²) in [4.78, 5) is 24.3. The first kappa shape index (κ1) is 19.7. The third-order valence-electron chi connectivity index (χ3n) is 4.37. The lowest BCUT2D eigenvalue weighted by atomic mass is 10.2. The third kappa shape index (κ3) is 4.26. The molecule has 0 aliphatic heterocycles. The van der Waals surface area contributed by atoms with E-state index < -0.39 is 0 Å². The van der Waals surface area contributed by atoms with Gasteiger partial charge in [-0.2, -0.15) is 0 Å². The van der Waals surface area contributed by atoms with E-state index in [-0.39, 0.29) is 11.9 Å². The Morgan fingerprint density at radius 3 is 2.21 bits per heavy atom. The number of halogens is 1. The largest absolute Gasteiger partial charge is 0.341 e. The lowest BCUT2D eigenvalue weighted by Crippen LogP contribution is -2.24. The zero-order valence-corrected chi connectivity index (χ0v) is 17.4. The van der Waals surface area contributed by atoms with Crippen LogP contribution in [-0.2, 0) is 0 Å². The molecule has 0 aliphatic carbocycles. The fourth-order valence-corrected chi connectivity index (χ4v) is 3.31. The summed E-state index contributed by atoms with van der Waals surface area (Å²) in [5.41, 5.74) is 4.63. The SMILES string of the molecule is CNC(=O)Nc1cccc(NC(=O)c2cc(C)n(-c3ccc(Br)cc3)c2C)c1. The van der Waals surface area contributed by atoms with Crippen LogP contribution in [0.15, 0.2) is 59.1 Å². The van der Waals surface area contributed by atoms with E-state index in [1.807, 2.05) is 48.7 Å². The van der Waals surface area contributed by atoms with E-state index in [1.165, 1.54) is 0 Å². The molecule has 0 saturated carbocycles. The van der Waals surface area contributed by atoms with Gasteiger partial charge in [-0.3, -0.25) is 4.79 Å². The topological polar surface area (TPSA) is 75.2 Å². The van der Waals surface area contributed by atoms with Gasteiger partial charge in [0.25, 0.3) is 5.91 Å². The van der Waals surface area contributed by atoms with Crippen LogP contribution in [-0.4, -0.2) is 23.6 Å². The molecular weight excluding hydrogens is 420 g/mol. The normalized spacial score (nSPS) is 10.4. The molecule has 0 unspecified atom stereocenters. The number of hydrogen-bond donors (Lipinski definition) is 3. The summed E-state index contributed by atoms with van der Waals surface area (Å²) in [5.74, 6) is -0.200. The van der Waals surface area contributed by atoms with Gasteiger partial charge in [0.1, 0.15) is 0 Å². The highest BCUT2D eigenvalue weighted by molar-refractivity contribution is 9.10. The molecule has 6 nitrogen and oxygen atoms in total. The average Bonchev–Trinajstić information content (AvgIpc) is 2.97. The molecular formula is C21H21BrN4O2. The molecule has 0 atom stereocenters. The van der Waals surface area contributed by atoms with Crippen LogP contribution in [0.1, 0.15) is 21.7 Å². The lowest BCUT2D eigenvalue weighted by molar-refractivity contribution is 0.102. The molecule has 3 N–H and O–H groups in total. The Hall–Kier alpha value is -3.06. The van der Waals surface area contributed by atoms with Crippen molar-refractivity contribution < 1.29 is 9.59 Å². The first-order chi connectivity index (χ1) is 13.4. The lowest BCUT2D eigenvalue weighted by Gasteiger charge is -2.11. The van der Waals surface area contributed by atoms with E-state index in [4.69, 9.17) is 0 Å². The van der Waals surface area contributed by atoms with Crippen molar-refractivity contribution in [3.8, 4) is 5.69 Å². The molecule has 0 radical (unpaired) electrons.